The molecule has 1 aliphatic rings. The average molecular weight is 496 g/mol. The van der Waals surface area contributed by atoms with Gasteiger partial charge in [-0.3, -0.25) is 4.79 Å². The third-order valence-corrected chi connectivity index (χ3v) is 7.93. The fraction of sp³-hybridized carbons (Fsp3) is 0.320. The third-order valence-electron chi connectivity index (χ3n) is 5.96. The van der Waals surface area contributed by atoms with Crippen molar-refractivity contribution in [2.75, 3.05) is 51.8 Å². The van der Waals surface area contributed by atoms with Crippen LogP contribution in [0.1, 0.15) is 10.4 Å². The number of Topliss-reactive ketones (excluding diaryl/α,β-unsaturated/α-hetero) is 1. The fourth-order valence-corrected chi connectivity index (χ4v) is 5.81. The Balaban J connectivity index is 1.55. The number of rotatable bonds is 8. The van der Waals surface area contributed by atoms with Gasteiger partial charge in [0.1, 0.15) is 6.61 Å². The summed E-state index contributed by atoms with van der Waals surface area (Å²) in [6.45, 7) is 1.03. The Morgan fingerprint density at radius 1 is 1.00 bits per heavy atom. The Morgan fingerprint density at radius 3 is 2.23 bits per heavy atom. The number of sulfonamides is 1. The molecule has 9 nitrogen and oxygen atoms in total. The Bertz CT molecular complexity index is 1250. The van der Waals surface area contributed by atoms with Gasteiger partial charge in [0.15, 0.2) is 5.78 Å². The quantitative estimate of drug-likeness (QED) is 0.471. The molecule has 0 amide bonds. The number of nitrogens with zero attached hydrogens (tertiary/aromatic N) is 5. The van der Waals surface area contributed by atoms with Crippen molar-refractivity contribution in [1.82, 2.24) is 19.2 Å². The highest BCUT2D eigenvalue weighted by Gasteiger charge is 2.37. The highest BCUT2D eigenvalue weighted by atomic mass is 32.2. The van der Waals surface area contributed by atoms with Crippen LogP contribution in [0.2, 0.25) is 0 Å². The summed E-state index contributed by atoms with van der Waals surface area (Å²) in [4.78, 5) is 24.3. The molecule has 35 heavy (non-hydrogen) atoms. The molecule has 0 aliphatic carbocycles. The van der Waals surface area contributed by atoms with E-state index in [1.165, 1.54) is 12.4 Å². The van der Waals surface area contributed by atoms with Crippen molar-refractivity contribution in [1.29, 1.82) is 0 Å². The van der Waals surface area contributed by atoms with Crippen molar-refractivity contribution in [3.63, 3.8) is 0 Å². The zero-order valence-corrected chi connectivity index (χ0v) is 20.6. The first-order chi connectivity index (χ1) is 16.8. The van der Waals surface area contributed by atoms with Gasteiger partial charge in [0.2, 0.25) is 16.0 Å². The lowest BCUT2D eigenvalue weighted by Crippen LogP contribution is -2.58. The molecule has 1 N–H and O–H groups in total. The zero-order chi connectivity index (χ0) is 25.0. The zero-order valence-electron chi connectivity index (χ0n) is 19.8. The smallest absolute Gasteiger partial charge is 0.243 e. The Morgan fingerprint density at radius 2 is 1.63 bits per heavy atom. The van der Waals surface area contributed by atoms with E-state index in [0.717, 1.165) is 11.1 Å². The molecule has 2 heterocycles. The molecule has 184 valence electrons. The molecule has 4 rings (SSSR count). The van der Waals surface area contributed by atoms with Crippen LogP contribution in [0.15, 0.2) is 71.9 Å². The van der Waals surface area contributed by atoms with Gasteiger partial charge >= 0.3 is 0 Å². The fourth-order valence-electron chi connectivity index (χ4n) is 4.21. The lowest BCUT2D eigenvalue weighted by atomic mass is 10.1. The van der Waals surface area contributed by atoms with Crippen LogP contribution >= 0.6 is 0 Å². The molecule has 1 aliphatic heterocycles. The standard InChI is InChI=1S/C25H29N5O4S/c1-28(2)16-22-17-29(25-26-14-21(15-27-25)24(32)18-31)12-13-30(22)35(33,34)23-10-8-20(9-11-23)19-6-4-3-5-7-19/h3-11,14-15,22,31H,12-13,16-18H2,1-2H3. The van der Waals surface area contributed by atoms with Crippen LogP contribution in [0, 0.1) is 0 Å². The number of ketones is 1. The summed E-state index contributed by atoms with van der Waals surface area (Å²) < 4.78 is 28.8. The van der Waals surface area contributed by atoms with E-state index < -0.39 is 22.4 Å². The SMILES string of the molecule is CN(C)CC1CN(c2ncc(C(=O)CO)cn2)CCN1S(=O)(=O)c1ccc(-c2ccccc2)cc1. The van der Waals surface area contributed by atoms with E-state index in [4.69, 9.17) is 5.11 Å². The molecule has 10 heteroatoms. The van der Waals surface area contributed by atoms with Gasteiger partial charge in [0.05, 0.1) is 16.5 Å². The number of aliphatic hydroxyl groups excluding tert-OH is 1. The molecule has 0 radical (unpaired) electrons. The monoisotopic (exact) mass is 495 g/mol. The predicted octanol–water partition coefficient (Wildman–Crippen LogP) is 1.76. The average Bonchev–Trinajstić information content (AvgIpc) is 2.88. The molecule has 0 spiro atoms. The van der Waals surface area contributed by atoms with Crippen LogP contribution in [0.3, 0.4) is 0 Å². The van der Waals surface area contributed by atoms with Gasteiger partial charge in [0.25, 0.3) is 0 Å². The number of hydrogen-bond acceptors (Lipinski definition) is 8. The van der Waals surface area contributed by atoms with Gasteiger partial charge in [-0.05, 0) is 37.4 Å². The minimum atomic E-state index is -3.72. The van der Waals surface area contributed by atoms with Crippen molar-refractivity contribution < 1.29 is 18.3 Å². The predicted molar refractivity (Wildman–Crippen MR) is 134 cm³/mol. The summed E-state index contributed by atoms with van der Waals surface area (Å²) in [5.41, 5.74) is 2.22. The Kier molecular flexibility index (Phi) is 7.56. The summed E-state index contributed by atoms with van der Waals surface area (Å²) in [7, 11) is 0.0979. The summed E-state index contributed by atoms with van der Waals surface area (Å²) in [5.74, 6) is -0.0243. The van der Waals surface area contributed by atoms with E-state index in [1.54, 1.807) is 16.4 Å². The molecule has 1 unspecified atom stereocenters. The van der Waals surface area contributed by atoms with Crippen LogP contribution in [0.25, 0.3) is 11.1 Å². The lowest BCUT2D eigenvalue weighted by Gasteiger charge is -2.41. The maximum atomic E-state index is 13.6. The number of piperazine rings is 1. The second-order valence-electron chi connectivity index (χ2n) is 8.72. The number of carbonyl (C=O) groups is 1. The van der Waals surface area contributed by atoms with Crippen LogP contribution < -0.4 is 4.90 Å². The molecular weight excluding hydrogens is 466 g/mol. The van der Waals surface area contributed by atoms with E-state index >= 15 is 0 Å². The summed E-state index contributed by atoms with van der Waals surface area (Å²) in [6, 6.07) is 16.5. The maximum Gasteiger partial charge on any atom is 0.243 e. The molecule has 3 aromatic rings. The first kappa shape index (κ1) is 24.9. The van der Waals surface area contributed by atoms with Gasteiger partial charge in [-0.1, -0.05) is 42.5 Å². The second-order valence-corrected chi connectivity index (χ2v) is 10.6. The van der Waals surface area contributed by atoms with Crippen molar-refractivity contribution in [2.45, 2.75) is 10.9 Å². The largest absolute Gasteiger partial charge is 0.388 e. The summed E-state index contributed by atoms with van der Waals surface area (Å²) >= 11 is 0. The van der Waals surface area contributed by atoms with Gasteiger partial charge in [0, 0.05) is 38.6 Å². The molecular formula is C25H29N5O4S. The number of likely N-dealkylation sites (N-methyl/N-ethyl adjacent to an activating group) is 1. The summed E-state index contributed by atoms with van der Waals surface area (Å²) in [5, 5.41) is 9.01. The highest BCUT2D eigenvalue weighted by molar-refractivity contribution is 7.89. The van der Waals surface area contributed by atoms with Crippen LogP contribution in [0.5, 0.6) is 0 Å². The lowest BCUT2D eigenvalue weighted by molar-refractivity contribution is 0.0903. The van der Waals surface area contributed by atoms with Crippen LogP contribution in [-0.2, 0) is 10.0 Å². The van der Waals surface area contributed by atoms with Gasteiger partial charge in [-0.2, -0.15) is 4.31 Å². The maximum absolute atomic E-state index is 13.6. The van der Waals surface area contributed by atoms with Gasteiger partial charge in [-0.15, -0.1) is 0 Å². The minimum absolute atomic E-state index is 0.237. The normalized spacial score (nSPS) is 17.0. The van der Waals surface area contributed by atoms with E-state index in [-0.39, 0.29) is 23.0 Å². The summed E-state index contributed by atoms with van der Waals surface area (Å²) in [6.07, 6.45) is 2.78. The molecule has 2 aromatic carbocycles. The molecule has 0 saturated carbocycles. The topological polar surface area (TPSA) is 107 Å². The van der Waals surface area contributed by atoms with E-state index in [1.807, 2.05) is 66.4 Å². The van der Waals surface area contributed by atoms with Crippen molar-refractivity contribution in [2.24, 2.45) is 0 Å². The number of anilines is 1. The van der Waals surface area contributed by atoms with Gasteiger partial charge in [-0.25, -0.2) is 18.4 Å². The molecule has 1 atom stereocenters. The molecule has 0 bridgehead atoms. The first-order valence-electron chi connectivity index (χ1n) is 11.3. The minimum Gasteiger partial charge on any atom is -0.388 e. The van der Waals surface area contributed by atoms with Crippen molar-refractivity contribution in [3.05, 3.63) is 72.6 Å². The first-order valence-corrected chi connectivity index (χ1v) is 12.8. The van der Waals surface area contributed by atoms with E-state index in [0.29, 0.717) is 25.6 Å². The van der Waals surface area contributed by atoms with E-state index in [9.17, 15) is 13.2 Å². The third kappa shape index (κ3) is 5.57. The number of carbonyl (C=O) groups excluding carboxylic acids is 1. The molecule has 1 saturated heterocycles. The molecule has 1 fully saturated rings. The second kappa shape index (κ2) is 10.6. The van der Waals surface area contributed by atoms with E-state index in [2.05, 4.69) is 9.97 Å². The van der Waals surface area contributed by atoms with Crippen molar-refractivity contribution >= 4 is 21.8 Å². The number of hydrogen-bond donors (Lipinski definition) is 1. The van der Waals surface area contributed by atoms with Gasteiger partial charge < -0.3 is 14.9 Å². The number of benzene rings is 2. The van der Waals surface area contributed by atoms with Crippen LogP contribution in [-0.4, -0.2) is 91.4 Å². The van der Waals surface area contributed by atoms with Crippen LogP contribution in [0.4, 0.5) is 5.95 Å². The molecule has 1 aromatic heterocycles. The highest BCUT2D eigenvalue weighted by Crippen LogP contribution is 2.26. The van der Waals surface area contributed by atoms with Crippen molar-refractivity contribution in [3.8, 4) is 11.1 Å². The number of aromatic nitrogens is 2. The number of aliphatic hydroxyl groups is 1. The Hall–Kier alpha value is -3.18. The Labute approximate surface area is 205 Å².